The summed E-state index contributed by atoms with van der Waals surface area (Å²) in [7, 11) is 0. The Morgan fingerprint density at radius 1 is 1.55 bits per heavy atom. The van der Waals surface area contributed by atoms with E-state index in [0.717, 1.165) is 12.8 Å². The highest BCUT2D eigenvalue weighted by Crippen LogP contribution is 2.41. The summed E-state index contributed by atoms with van der Waals surface area (Å²) in [6, 6.07) is 0. The number of hydrogen-bond donors (Lipinski definition) is 0. The molecule has 1 heteroatoms. The highest BCUT2D eigenvalue weighted by atomic mass is 19.1. The van der Waals surface area contributed by atoms with Gasteiger partial charge in [-0.2, -0.15) is 0 Å². The van der Waals surface area contributed by atoms with E-state index in [2.05, 4.69) is 20.8 Å². The van der Waals surface area contributed by atoms with Crippen molar-refractivity contribution in [3.63, 3.8) is 0 Å². The van der Waals surface area contributed by atoms with Crippen molar-refractivity contribution in [3.8, 4) is 0 Å². The van der Waals surface area contributed by atoms with E-state index in [0.29, 0.717) is 17.8 Å². The summed E-state index contributed by atoms with van der Waals surface area (Å²) in [4.78, 5) is 0. The Bertz CT molecular complexity index is 170. The van der Waals surface area contributed by atoms with Gasteiger partial charge in [-0.1, -0.05) is 26.8 Å². The molecule has 11 heavy (non-hydrogen) atoms. The molecule has 0 heterocycles. The minimum absolute atomic E-state index is 0.0862. The topological polar surface area (TPSA) is 0 Å². The van der Waals surface area contributed by atoms with E-state index in [4.69, 9.17) is 0 Å². The van der Waals surface area contributed by atoms with Crippen molar-refractivity contribution in [3.05, 3.63) is 11.9 Å². The predicted octanol–water partition coefficient (Wildman–Crippen LogP) is 3.69. The van der Waals surface area contributed by atoms with Crippen LogP contribution in [0.1, 0.15) is 40.0 Å². The average Bonchev–Trinajstić information content (AvgIpc) is 1.95. The molecule has 1 unspecified atom stereocenters. The van der Waals surface area contributed by atoms with E-state index in [9.17, 15) is 4.39 Å². The van der Waals surface area contributed by atoms with Crippen molar-refractivity contribution < 1.29 is 4.39 Å². The van der Waals surface area contributed by atoms with Gasteiger partial charge in [0.05, 0.1) is 5.83 Å². The van der Waals surface area contributed by atoms with Gasteiger partial charge in [0, 0.05) is 0 Å². The van der Waals surface area contributed by atoms with E-state index < -0.39 is 0 Å². The Hall–Kier alpha value is -0.330. The molecule has 1 rings (SSSR count). The maximum absolute atomic E-state index is 12.7. The molecule has 0 aromatic heterocycles. The van der Waals surface area contributed by atoms with Gasteiger partial charge in [0.15, 0.2) is 0 Å². The van der Waals surface area contributed by atoms with Gasteiger partial charge in [-0.05, 0) is 30.6 Å². The van der Waals surface area contributed by atoms with Crippen LogP contribution in [0.4, 0.5) is 4.39 Å². The number of halogens is 1. The predicted molar refractivity (Wildman–Crippen MR) is 46.0 cm³/mol. The summed E-state index contributed by atoms with van der Waals surface area (Å²) in [5.74, 6) is 0.745. The molecule has 0 aromatic carbocycles. The van der Waals surface area contributed by atoms with Crippen molar-refractivity contribution in [2.45, 2.75) is 40.0 Å². The lowest BCUT2D eigenvalue weighted by Gasteiger charge is -2.35. The first-order chi connectivity index (χ1) is 5.04. The summed E-state index contributed by atoms with van der Waals surface area (Å²) in [6.45, 7) is 6.69. The zero-order chi connectivity index (χ0) is 8.48. The monoisotopic (exact) mass is 156 g/mol. The van der Waals surface area contributed by atoms with Crippen LogP contribution in [0.5, 0.6) is 0 Å². The fourth-order valence-electron chi connectivity index (χ4n) is 1.48. The van der Waals surface area contributed by atoms with Gasteiger partial charge in [0.1, 0.15) is 0 Å². The molecule has 0 saturated heterocycles. The van der Waals surface area contributed by atoms with Crippen molar-refractivity contribution in [2.24, 2.45) is 11.3 Å². The Kier molecular flexibility index (Phi) is 2.36. The minimum Gasteiger partial charge on any atom is -0.212 e. The lowest BCUT2D eigenvalue weighted by molar-refractivity contribution is 0.185. The third-order valence-corrected chi connectivity index (χ3v) is 3.12. The van der Waals surface area contributed by atoms with Gasteiger partial charge in [-0.3, -0.25) is 0 Å². The van der Waals surface area contributed by atoms with Crippen molar-refractivity contribution in [1.82, 2.24) is 0 Å². The molecular formula is C10H17F. The zero-order valence-electron chi connectivity index (χ0n) is 7.65. The van der Waals surface area contributed by atoms with Crippen LogP contribution in [0.2, 0.25) is 0 Å². The molecule has 64 valence electrons. The Labute approximate surface area is 68.5 Å². The first kappa shape index (κ1) is 8.76. The highest BCUT2D eigenvalue weighted by molar-refractivity contribution is 5.02. The quantitative estimate of drug-likeness (QED) is 0.543. The van der Waals surface area contributed by atoms with Gasteiger partial charge >= 0.3 is 0 Å². The van der Waals surface area contributed by atoms with Crippen molar-refractivity contribution >= 4 is 0 Å². The SMILES string of the molecule is CC(C)C1(C)CC=C(F)CC1. The average molecular weight is 156 g/mol. The second-order valence-corrected chi connectivity index (χ2v) is 4.16. The lowest BCUT2D eigenvalue weighted by atomic mass is 9.71. The molecular weight excluding hydrogens is 139 g/mol. The van der Waals surface area contributed by atoms with E-state index in [1.807, 2.05) is 0 Å². The molecule has 0 aliphatic heterocycles. The van der Waals surface area contributed by atoms with Crippen LogP contribution in [-0.2, 0) is 0 Å². The smallest absolute Gasteiger partial charge is 0.0960 e. The largest absolute Gasteiger partial charge is 0.212 e. The zero-order valence-corrected chi connectivity index (χ0v) is 7.65. The van der Waals surface area contributed by atoms with Gasteiger partial charge in [-0.15, -0.1) is 0 Å². The molecule has 1 aliphatic rings. The fraction of sp³-hybridized carbons (Fsp3) is 0.800. The van der Waals surface area contributed by atoms with E-state index in [1.54, 1.807) is 6.08 Å². The molecule has 0 saturated carbocycles. The first-order valence-corrected chi connectivity index (χ1v) is 4.39. The summed E-state index contributed by atoms with van der Waals surface area (Å²) in [5.41, 5.74) is 0.343. The maximum atomic E-state index is 12.7. The van der Waals surface area contributed by atoms with Gasteiger partial charge < -0.3 is 0 Å². The molecule has 0 radical (unpaired) electrons. The standard InChI is InChI=1S/C10H17F/c1-8(2)10(3)6-4-9(11)5-7-10/h4,8H,5-7H2,1-3H3. The third kappa shape index (κ3) is 1.82. The molecule has 0 fully saturated rings. The number of rotatable bonds is 1. The maximum Gasteiger partial charge on any atom is 0.0960 e. The normalized spacial score (nSPS) is 32.3. The third-order valence-electron chi connectivity index (χ3n) is 3.12. The van der Waals surface area contributed by atoms with Crippen LogP contribution < -0.4 is 0 Å². The van der Waals surface area contributed by atoms with Crippen molar-refractivity contribution in [2.75, 3.05) is 0 Å². The van der Waals surface area contributed by atoms with Crippen LogP contribution in [0, 0.1) is 11.3 Å². The Morgan fingerprint density at radius 2 is 2.18 bits per heavy atom. The minimum atomic E-state index is 0.0862. The van der Waals surface area contributed by atoms with Crippen LogP contribution in [0.25, 0.3) is 0 Å². The van der Waals surface area contributed by atoms with Gasteiger partial charge in [-0.25, -0.2) is 4.39 Å². The number of hydrogen-bond acceptors (Lipinski definition) is 0. The van der Waals surface area contributed by atoms with Gasteiger partial charge in [0.2, 0.25) is 0 Å². The summed E-state index contributed by atoms with van der Waals surface area (Å²) in [5, 5.41) is 0. The van der Waals surface area contributed by atoms with E-state index in [1.165, 1.54) is 0 Å². The Morgan fingerprint density at radius 3 is 2.55 bits per heavy atom. The Balaban J connectivity index is 2.64. The van der Waals surface area contributed by atoms with Crippen molar-refractivity contribution in [1.29, 1.82) is 0 Å². The molecule has 1 atom stereocenters. The molecule has 0 spiro atoms. The van der Waals surface area contributed by atoms with Crippen LogP contribution in [0.15, 0.2) is 11.9 Å². The van der Waals surface area contributed by atoms with Crippen LogP contribution in [-0.4, -0.2) is 0 Å². The molecule has 0 N–H and O–H groups in total. The lowest BCUT2D eigenvalue weighted by Crippen LogP contribution is -2.24. The van der Waals surface area contributed by atoms with Crippen LogP contribution in [0.3, 0.4) is 0 Å². The molecule has 0 nitrogen and oxygen atoms in total. The van der Waals surface area contributed by atoms with Gasteiger partial charge in [0.25, 0.3) is 0 Å². The van der Waals surface area contributed by atoms with E-state index >= 15 is 0 Å². The van der Waals surface area contributed by atoms with E-state index in [-0.39, 0.29) is 5.83 Å². The molecule has 0 bridgehead atoms. The molecule has 1 aliphatic carbocycles. The highest BCUT2D eigenvalue weighted by Gasteiger charge is 2.29. The van der Waals surface area contributed by atoms with Crippen LogP contribution >= 0.6 is 0 Å². The first-order valence-electron chi connectivity index (χ1n) is 4.39. The second kappa shape index (κ2) is 2.96. The second-order valence-electron chi connectivity index (χ2n) is 4.16. The molecule has 0 amide bonds. The fourth-order valence-corrected chi connectivity index (χ4v) is 1.48. The summed E-state index contributed by atoms with van der Waals surface area (Å²) >= 11 is 0. The summed E-state index contributed by atoms with van der Waals surface area (Å²) in [6.07, 6.45) is 4.32. The summed E-state index contributed by atoms with van der Waals surface area (Å²) < 4.78 is 12.7. The number of allylic oxidation sites excluding steroid dienone is 2. The molecule has 0 aromatic rings.